The van der Waals surface area contributed by atoms with E-state index in [0.717, 1.165) is 67.0 Å². The summed E-state index contributed by atoms with van der Waals surface area (Å²) in [6.07, 6.45) is 5.40. The topological polar surface area (TPSA) is 79.8 Å². The number of hydrogen-bond donors (Lipinski definition) is 3. The van der Waals surface area contributed by atoms with Crippen molar-refractivity contribution in [2.45, 2.75) is 56.3 Å². The lowest BCUT2D eigenvalue weighted by atomic mass is 9.75. The fourth-order valence-electron chi connectivity index (χ4n) is 5.43. The van der Waals surface area contributed by atoms with Crippen molar-refractivity contribution >= 4 is 11.6 Å². The highest BCUT2D eigenvalue weighted by molar-refractivity contribution is 6.04. The van der Waals surface area contributed by atoms with Crippen LogP contribution in [0.5, 0.6) is 11.5 Å². The van der Waals surface area contributed by atoms with E-state index in [4.69, 9.17) is 9.47 Å². The lowest BCUT2D eigenvalue weighted by molar-refractivity contribution is -0.107. The molecular weight excluding hydrogens is 452 g/mol. The number of benzene rings is 3. The molecule has 1 fully saturated rings. The molecule has 1 saturated carbocycles. The van der Waals surface area contributed by atoms with E-state index in [1.54, 1.807) is 31.4 Å². The number of rotatable bonds is 7. The van der Waals surface area contributed by atoms with Crippen LogP contribution in [0.1, 0.15) is 59.6 Å². The summed E-state index contributed by atoms with van der Waals surface area (Å²) < 4.78 is 11.6. The number of ether oxygens (including phenoxy) is 2. The number of carbonyl (C=O) groups excluding carboxylic acids is 1. The van der Waals surface area contributed by atoms with Crippen LogP contribution in [0.3, 0.4) is 0 Å². The lowest BCUT2D eigenvalue weighted by Crippen LogP contribution is -2.57. The fraction of sp³-hybridized carbons (Fsp3) is 0.367. The van der Waals surface area contributed by atoms with Crippen LogP contribution in [0.2, 0.25) is 0 Å². The Balaban J connectivity index is 1.19. The van der Waals surface area contributed by atoms with E-state index in [-0.39, 0.29) is 11.9 Å². The van der Waals surface area contributed by atoms with Gasteiger partial charge in [0.05, 0.1) is 13.2 Å². The summed E-state index contributed by atoms with van der Waals surface area (Å²) in [7, 11) is 1.60. The summed E-state index contributed by atoms with van der Waals surface area (Å²) in [5, 5.41) is 18.0. The van der Waals surface area contributed by atoms with E-state index in [9.17, 15) is 9.90 Å². The highest BCUT2D eigenvalue weighted by atomic mass is 16.5. The summed E-state index contributed by atoms with van der Waals surface area (Å²) in [6.45, 7) is 0.726. The standard InChI is InChI=1S/C30H34N2O4/c1-35-24-15-11-22(12-16-24)29(34)32-23-13-9-21(10-14-23)17-20-31-27-25-7-3-4-8-26(25)36-30(28(27)33)18-5-2-6-19-30/h3-4,7-16,27-28,31,33H,2,5-6,17-20H2,1H3,(H,32,34). The first-order valence-electron chi connectivity index (χ1n) is 12.8. The zero-order valence-corrected chi connectivity index (χ0v) is 20.7. The molecule has 1 spiro atoms. The maximum Gasteiger partial charge on any atom is 0.255 e. The number of aliphatic hydroxyl groups excluding tert-OH is 1. The van der Waals surface area contributed by atoms with Gasteiger partial charge < -0.3 is 25.2 Å². The van der Waals surface area contributed by atoms with E-state index < -0.39 is 11.7 Å². The average Bonchev–Trinajstić information content (AvgIpc) is 2.92. The molecule has 188 valence electrons. The summed E-state index contributed by atoms with van der Waals surface area (Å²) in [6, 6.07) is 22.9. The summed E-state index contributed by atoms with van der Waals surface area (Å²) >= 11 is 0. The van der Waals surface area contributed by atoms with Crippen LogP contribution in [0, 0.1) is 0 Å². The summed E-state index contributed by atoms with van der Waals surface area (Å²) in [5.41, 5.74) is 3.02. The summed E-state index contributed by atoms with van der Waals surface area (Å²) in [5.74, 6) is 1.45. The molecule has 1 heterocycles. The Morgan fingerprint density at radius 2 is 1.72 bits per heavy atom. The molecule has 0 bridgehead atoms. The first-order valence-corrected chi connectivity index (χ1v) is 12.8. The Bertz CT molecular complexity index is 1170. The minimum Gasteiger partial charge on any atom is -0.497 e. The third kappa shape index (κ3) is 5.11. The van der Waals surface area contributed by atoms with Crippen molar-refractivity contribution in [1.29, 1.82) is 0 Å². The largest absolute Gasteiger partial charge is 0.497 e. The Kier molecular flexibility index (Phi) is 7.25. The van der Waals surface area contributed by atoms with Crippen LogP contribution in [-0.2, 0) is 6.42 Å². The van der Waals surface area contributed by atoms with Crippen molar-refractivity contribution in [3.63, 3.8) is 0 Å². The summed E-state index contributed by atoms with van der Waals surface area (Å²) in [4.78, 5) is 12.5. The molecule has 6 nitrogen and oxygen atoms in total. The second kappa shape index (κ2) is 10.7. The van der Waals surface area contributed by atoms with Gasteiger partial charge in [-0.3, -0.25) is 4.79 Å². The second-order valence-corrected chi connectivity index (χ2v) is 9.77. The number of amides is 1. The van der Waals surface area contributed by atoms with Gasteiger partial charge in [0.15, 0.2) is 0 Å². The van der Waals surface area contributed by atoms with Gasteiger partial charge in [-0.15, -0.1) is 0 Å². The maximum atomic E-state index is 12.5. The first kappa shape index (κ1) is 24.3. The molecule has 2 unspecified atom stereocenters. The molecular formula is C30H34N2O4. The first-order chi connectivity index (χ1) is 17.6. The van der Waals surface area contributed by atoms with Crippen molar-refractivity contribution in [2.75, 3.05) is 19.0 Å². The number of anilines is 1. The average molecular weight is 487 g/mol. The van der Waals surface area contributed by atoms with Gasteiger partial charge in [-0.1, -0.05) is 36.8 Å². The predicted octanol–water partition coefficient (Wildman–Crippen LogP) is 5.28. The fourth-order valence-corrected chi connectivity index (χ4v) is 5.43. The van der Waals surface area contributed by atoms with Crippen molar-refractivity contribution in [1.82, 2.24) is 5.32 Å². The molecule has 3 aromatic carbocycles. The molecule has 0 aromatic heterocycles. The molecule has 3 aromatic rings. The van der Waals surface area contributed by atoms with Crippen LogP contribution in [0.4, 0.5) is 5.69 Å². The molecule has 6 heteroatoms. The van der Waals surface area contributed by atoms with Gasteiger partial charge in [0, 0.05) is 16.8 Å². The Morgan fingerprint density at radius 3 is 2.44 bits per heavy atom. The van der Waals surface area contributed by atoms with Gasteiger partial charge in [0.2, 0.25) is 0 Å². The molecule has 36 heavy (non-hydrogen) atoms. The van der Waals surface area contributed by atoms with E-state index in [1.807, 2.05) is 48.5 Å². The number of methoxy groups -OCH3 is 1. The van der Waals surface area contributed by atoms with Crippen molar-refractivity contribution in [3.05, 3.63) is 89.5 Å². The molecule has 3 N–H and O–H groups in total. The van der Waals surface area contributed by atoms with Gasteiger partial charge >= 0.3 is 0 Å². The van der Waals surface area contributed by atoms with Crippen molar-refractivity contribution in [2.24, 2.45) is 0 Å². The van der Waals surface area contributed by atoms with Crippen LogP contribution >= 0.6 is 0 Å². The number of aliphatic hydroxyl groups is 1. The molecule has 1 aliphatic heterocycles. The van der Waals surface area contributed by atoms with Crippen LogP contribution in [0.15, 0.2) is 72.8 Å². The smallest absolute Gasteiger partial charge is 0.255 e. The minimum atomic E-state index is -0.580. The van der Waals surface area contributed by atoms with E-state index in [2.05, 4.69) is 10.6 Å². The molecule has 0 saturated heterocycles. The van der Waals surface area contributed by atoms with E-state index >= 15 is 0 Å². The number of carbonyl (C=O) groups is 1. The van der Waals surface area contributed by atoms with Crippen molar-refractivity contribution in [3.8, 4) is 11.5 Å². The molecule has 1 amide bonds. The number of fused-ring (bicyclic) bond motifs is 1. The normalized spacial score (nSPS) is 20.3. The quantitative estimate of drug-likeness (QED) is 0.424. The Labute approximate surface area is 212 Å². The predicted molar refractivity (Wildman–Crippen MR) is 141 cm³/mol. The number of para-hydroxylation sites is 1. The highest BCUT2D eigenvalue weighted by Gasteiger charge is 2.49. The minimum absolute atomic E-state index is 0.156. The Morgan fingerprint density at radius 1 is 1.00 bits per heavy atom. The van der Waals surface area contributed by atoms with Gasteiger partial charge in [-0.2, -0.15) is 0 Å². The third-order valence-electron chi connectivity index (χ3n) is 7.46. The molecule has 5 rings (SSSR count). The maximum absolute atomic E-state index is 12.5. The van der Waals surface area contributed by atoms with Gasteiger partial charge in [-0.05, 0) is 86.7 Å². The van der Waals surface area contributed by atoms with E-state index in [1.165, 1.54) is 6.42 Å². The monoisotopic (exact) mass is 486 g/mol. The molecule has 2 aliphatic rings. The van der Waals surface area contributed by atoms with Crippen molar-refractivity contribution < 1.29 is 19.4 Å². The third-order valence-corrected chi connectivity index (χ3v) is 7.46. The SMILES string of the molecule is COc1ccc(C(=O)Nc2ccc(CCNC3c4ccccc4OC4(CCCCC4)C3O)cc2)cc1. The van der Waals surface area contributed by atoms with E-state index in [0.29, 0.717) is 5.56 Å². The highest BCUT2D eigenvalue weighted by Crippen LogP contribution is 2.46. The Hall–Kier alpha value is -3.35. The molecule has 0 radical (unpaired) electrons. The molecule has 1 aliphatic carbocycles. The van der Waals surface area contributed by atoms with Crippen LogP contribution < -0.4 is 20.1 Å². The number of hydrogen-bond acceptors (Lipinski definition) is 5. The van der Waals surface area contributed by atoms with Crippen LogP contribution in [-0.4, -0.2) is 36.4 Å². The van der Waals surface area contributed by atoms with Gasteiger partial charge in [0.25, 0.3) is 5.91 Å². The zero-order chi connectivity index (χ0) is 25.0. The number of nitrogens with one attached hydrogen (secondary N) is 2. The second-order valence-electron chi connectivity index (χ2n) is 9.77. The zero-order valence-electron chi connectivity index (χ0n) is 20.7. The van der Waals surface area contributed by atoms with Gasteiger partial charge in [-0.25, -0.2) is 0 Å². The van der Waals surface area contributed by atoms with Crippen LogP contribution in [0.25, 0.3) is 0 Å². The lowest BCUT2D eigenvalue weighted by Gasteiger charge is -2.48. The molecule has 2 atom stereocenters. The van der Waals surface area contributed by atoms with Gasteiger partial charge in [0.1, 0.15) is 23.2 Å².